The van der Waals surface area contributed by atoms with Crippen molar-refractivity contribution >= 4 is 45.7 Å². The molecule has 0 aliphatic carbocycles. The first-order chi connectivity index (χ1) is 11.4. The Bertz CT molecular complexity index is 911. The molecule has 3 aromatic rings. The molecule has 0 bridgehead atoms. The van der Waals surface area contributed by atoms with Gasteiger partial charge in [0.15, 0.2) is 0 Å². The number of hydrogen-bond acceptors (Lipinski definition) is 2. The van der Waals surface area contributed by atoms with E-state index in [0.717, 1.165) is 10.9 Å². The molecule has 0 atom stereocenters. The molecule has 0 unspecified atom stereocenters. The van der Waals surface area contributed by atoms with Crippen LogP contribution in [0.2, 0.25) is 10.0 Å². The maximum Gasteiger partial charge on any atom is 0.255 e. The summed E-state index contributed by atoms with van der Waals surface area (Å²) in [6.45, 7) is 4.27. The van der Waals surface area contributed by atoms with E-state index in [-0.39, 0.29) is 5.91 Å². The molecule has 1 aromatic carbocycles. The molecule has 0 saturated carbocycles. The second-order valence-corrected chi connectivity index (χ2v) is 6.83. The zero-order valence-electron chi connectivity index (χ0n) is 13.6. The molecule has 3 rings (SSSR count). The smallest absolute Gasteiger partial charge is 0.255 e. The van der Waals surface area contributed by atoms with Crippen molar-refractivity contribution in [1.29, 1.82) is 0 Å². The average molecular weight is 362 g/mol. The first-order valence-corrected chi connectivity index (χ1v) is 8.33. The van der Waals surface area contributed by atoms with E-state index in [2.05, 4.69) is 34.9 Å². The first kappa shape index (κ1) is 16.8. The van der Waals surface area contributed by atoms with Gasteiger partial charge in [-0.25, -0.2) is 0 Å². The number of halogens is 2. The van der Waals surface area contributed by atoms with E-state index in [1.54, 1.807) is 6.07 Å². The molecule has 2 heterocycles. The zero-order chi connectivity index (χ0) is 17.4. The topological polar surface area (TPSA) is 46.9 Å². The van der Waals surface area contributed by atoms with Gasteiger partial charge in [0.05, 0.1) is 15.7 Å². The van der Waals surface area contributed by atoms with Crippen LogP contribution in [-0.2, 0) is 7.05 Å². The summed E-state index contributed by atoms with van der Waals surface area (Å²) in [6, 6.07) is 5.65. The summed E-state index contributed by atoms with van der Waals surface area (Å²) in [5.74, 6) is 0.113. The molecule has 24 heavy (non-hydrogen) atoms. The van der Waals surface area contributed by atoms with Gasteiger partial charge in [-0.3, -0.25) is 9.78 Å². The van der Waals surface area contributed by atoms with Crippen molar-refractivity contribution < 1.29 is 4.79 Å². The lowest BCUT2D eigenvalue weighted by Gasteiger charge is -2.09. The van der Waals surface area contributed by atoms with Crippen molar-refractivity contribution in [3.05, 3.63) is 58.0 Å². The van der Waals surface area contributed by atoms with E-state index in [1.165, 1.54) is 18.0 Å². The van der Waals surface area contributed by atoms with Crippen LogP contribution < -0.4 is 5.32 Å². The maximum absolute atomic E-state index is 12.6. The molecule has 0 saturated heterocycles. The van der Waals surface area contributed by atoms with E-state index < -0.39 is 0 Å². The Kier molecular flexibility index (Phi) is 4.52. The minimum atomic E-state index is -0.259. The summed E-state index contributed by atoms with van der Waals surface area (Å²) in [5.41, 5.74) is 3.23. The molecule has 0 aliphatic heterocycles. The van der Waals surface area contributed by atoms with Gasteiger partial charge in [-0.1, -0.05) is 37.0 Å². The highest BCUT2D eigenvalue weighted by Gasteiger charge is 2.15. The second-order valence-electron chi connectivity index (χ2n) is 6.01. The lowest BCUT2D eigenvalue weighted by Crippen LogP contribution is -2.12. The number of fused-ring (bicyclic) bond motifs is 1. The molecular weight excluding hydrogens is 345 g/mol. The van der Waals surface area contributed by atoms with E-state index in [1.807, 2.05) is 19.2 Å². The van der Waals surface area contributed by atoms with Crippen LogP contribution in [-0.4, -0.2) is 15.5 Å². The Morgan fingerprint density at radius 3 is 2.50 bits per heavy atom. The van der Waals surface area contributed by atoms with Gasteiger partial charge in [0.1, 0.15) is 0 Å². The van der Waals surface area contributed by atoms with Gasteiger partial charge in [0.25, 0.3) is 5.91 Å². The van der Waals surface area contributed by atoms with Crippen LogP contribution in [0.1, 0.15) is 35.7 Å². The fraction of sp³-hybridized carbons (Fsp3) is 0.222. The largest absolute Gasteiger partial charge is 0.350 e. The number of nitrogens with zero attached hydrogens (tertiary/aromatic N) is 2. The SMILES string of the molecule is CC(C)c1cn(C)c2ccc(C(=O)Nc3c(Cl)cncc3Cl)cc12. The zero-order valence-corrected chi connectivity index (χ0v) is 15.1. The van der Waals surface area contributed by atoms with Crippen molar-refractivity contribution in [1.82, 2.24) is 9.55 Å². The Morgan fingerprint density at radius 1 is 1.21 bits per heavy atom. The lowest BCUT2D eigenvalue weighted by molar-refractivity contribution is 0.102. The van der Waals surface area contributed by atoms with Crippen LogP contribution in [0.25, 0.3) is 10.9 Å². The van der Waals surface area contributed by atoms with E-state index >= 15 is 0 Å². The summed E-state index contributed by atoms with van der Waals surface area (Å²) < 4.78 is 2.07. The quantitative estimate of drug-likeness (QED) is 0.691. The van der Waals surface area contributed by atoms with Crippen molar-refractivity contribution in [2.75, 3.05) is 5.32 Å². The average Bonchev–Trinajstić information content (AvgIpc) is 2.87. The van der Waals surface area contributed by atoms with Crippen LogP contribution in [0.5, 0.6) is 0 Å². The monoisotopic (exact) mass is 361 g/mol. The highest BCUT2D eigenvalue weighted by molar-refractivity contribution is 6.39. The number of benzene rings is 1. The molecule has 0 aliphatic rings. The highest BCUT2D eigenvalue weighted by Crippen LogP contribution is 2.31. The summed E-state index contributed by atoms with van der Waals surface area (Å²) in [4.78, 5) is 16.5. The van der Waals surface area contributed by atoms with Crippen molar-refractivity contribution in [2.45, 2.75) is 19.8 Å². The van der Waals surface area contributed by atoms with E-state index in [9.17, 15) is 4.79 Å². The van der Waals surface area contributed by atoms with Crippen LogP contribution in [0.4, 0.5) is 5.69 Å². The van der Waals surface area contributed by atoms with Crippen LogP contribution in [0, 0.1) is 0 Å². The Labute approximate surface area is 150 Å². The standard InChI is InChI=1S/C18H17Cl2N3O/c1-10(2)13-9-23(3)16-5-4-11(6-12(13)16)18(24)22-17-14(19)7-21-8-15(17)20/h4-10H,1-3H3,(H,21,22,24). The van der Waals surface area contributed by atoms with Gasteiger partial charge in [-0.2, -0.15) is 0 Å². The van der Waals surface area contributed by atoms with Crippen molar-refractivity contribution in [3.63, 3.8) is 0 Å². The fourth-order valence-electron chi connectivity index (χ4n) is 2.74. The Morgan fingerprint density at radius 2 is 1.88 bits per heavy atom. The molecule has 6 heteroatoms. The second kappa shape index (κ2) is 6.46. The van der Waals surface area contributed by atoms with Gasteiger partial charge >= 0.3 is 0 Å². The third kappa shape index (κ3) is 2.99. The number of amides is 1. The summed E-state index contributed by atoms with van der Waals surface area (Å²) >= 11 is 12.1. The fourth-order valence-corrected chi connectivity index (χ4v) is 3.20. The van der Waals surface area contributed by atoms with E-state index in [0.29, 0.717) is 27.2 Å². The van der Waals surface area contributed by atoms with Crippen molar-refractivity contribution in [2.24, 2.45) is 7.05 Å². The minimum absolute atomic E-state index is 0.259. The van der Waals surface area contributed by atoms with Crippen LogP contribution in [0.15, 0.2) is 36.8 Å². The number of hydrogen-bond donors (Lipinski definition) is 1. The van der Waals surface area contributed by atoms with Gasteiger partial charge < -0.3 is 9.88 Å². The van der Waals surface area contributed by atoms with Gasteiger partial charge in [-0.15, -0.1) is 0 Å². The molecule has 0 radical (unpaired) electrons. The van der Waals surface area contributed by atoms with Gasteiger partial charge in [0.2, 0.25) is 0 Å². The molecule has 1 N–H and O–H groups in total. The van der Waals surface area contributed by atoms with E-state index in [4.69, 9.17) is 23.2 Å². The highest BCUT2D eigenvalue weighted by atomic mass is 35.5. The number of nitrogens with one attached hydrogen (secondary N) is 1. The predicted octanol–water partition coefficient (Wildman–Crippen LogP) is 5.26. The summed E-state index contributed by atoms with van der Waals surface area (Å²) in [6.07, 6.45) is 4.99. The normalized spacial score (nSPS) is 11.2. The number of aryl methyl sites for hydroxylation is 1. The Balaban J connectivity index is 2.00. The third-order valence-electron chi connectivity index (χ3n) is 4.00. The predicted molar refractivity (Wildman–Crippen MR) is 99.2 cm³/mol. The van der Waals surface area contributed by atoms with Gasteiger partial charge in [-0.05, 0) is 29.7 Å². The molecule has 1 amide bonds. The third-order valence-corrected chi connectivity index (χ3v) is 4.57. The lowest BCUT2D eigenvalue weighted by atomic mass is 10.0. The molecule has 0 spiro atoms. The Hall–Kier alpha value is -2.04. The maximum atomic E-state index is 12.6. The molecule has 2 aromatic heterocycles. The first-order valence-electron chi connectivity index (χ1n) is 7.57. The minimum Gasteiger partial charge on any atom is -0.350 e. The molecular formula is C18H17Cl2N3O. The number of anilines is 1. The molecule has 0 fully saturated rings. The van der Waals surface area contributed by atoms with Crippen molar-refractivity contribution in [3.8, 4) is 0 Å². The number of rotatable bonds is 3. The molecule has 4 nitrogen and oxygen atoms in total. The number of pyridine rings is 1. The van der Waals surface area contributed by atoms with Crippen LogP contribution in [0.3, 0.4) is 0 Å². The molecule has 124 valence electrons. The number of carbonyl (C=O) groups excluding carboxylic acids is 1. The number of carbonyl (C=O) groups is 1. The summed E-state index contributed by atoms with van der Waals surface area (Å²) in [7, 11) is 2.00. The van der Waals surface area contributed by atoms with Gasteiger partial charge in [0, 0.05) is 42.1 Å². The number of aromatic nitrogens is 2. The summed E-state index contributed by atoms with van der Waals surface area (Å²) in [5, 5.41) is 4.45. The van der Waals surface area contributed by atoms with Crippen LogP contribution >= 0.6 is 23.2 Å².